The van der Waals surface area contributed by atoms with E-state index in [-0.39, 0.29) is 18.2 Å². The van der Waals surface area contributed by atoms with Gasteiger partial charge >= 0.3 is 12.5 Å². The van der Waals surface area contributed by atoms with Gasteiger partial charge in [-0.2, -0.15) is 0 Å². The minimum Gasteiger partial charge on any atom is -0.444 e. The van der Waals surface area contributed by atoms with Gasteiger partial charge in [-0.1, -0.05) is 17.7 Å². The first-order chi connectivity index (χ1) is 11.9. The quantitative estimate of drug-likeness (QED) is 0.674. The number of amides is 1. The van der Waals surface area contributed by atoms with Crippen LogP contribution in [0.4, 0.5) is 18.0 Å². The standard InChI is InChI=1S/C17H23ClF3NO4/c1-16(2,3)26-15(24)22(8-4-5-9-23)11-12-6-7-14(13(18)10-12)25-17(19,20)21/h6-7,10,23H,4-5,8-9,11H2,1-3H3. The number of hydrogen-bond donors (Lipinski definition) is 1. The van der Waals surface area contributed by atoms with Crippen LogP contribution in [0.5, 0.6) is 5.75 Å². The molecule has 0 radical (unpaired) electrons. The molecule has 0 fully saturated rings. The molecule has 0 aliphatic rings. The lowest BCUT2D eigenvalue weighted by atomic mass is 10.2. The van der Waals surface area contributed by atoms with Crippen LogP contribution in [-0.4, -0.2) is 41.2 Å². The van der Waals surface area contributed by atoms with Crippen LogP contribution in [-0.2, 0) is 11.3 Å². The molecule has 1 rings (SSSR count). The minimum absolute atomic E-state index is 0.00252. The third kappa shape index (κ3) is 8.62. The van der Waals surface area contributed by atoms with Crippen molar-refractivity contribution in [2.24, 2.45) is 0 Å². The molecule has 1 aromatic rings. The van der Waals surface area contributed by atoms with Gasteiger partial charge in [-0.25, -0.2) is 4.79 Å². The molecule has 1 N–H and O–H groups in total. The number of carbonyl (C=O) groups is 1. The van der Waals surface area contributed by atoms with Gasteiger partial charge in [0.15, 0.2) is 0 Å². The monoisotopic (exact) mass is 397 g/mol. The van der Waals surface area contributed by atoms with Crippen LogP contribution in [0.3, 0.4) is 0 Å². The van der Waals surface area contributed by atoms with Gasteiger partial charge < -0.3 is 19.5 Å². The van der Waals surface area contributed by atoms with Crippen LogP contribution in [0.1, 0.15) is 39.2 Å². The summed E-state index contributed by atoms with van der Waals surface area (Å²) in [4.78, 5) is 13.7. The number of benzene rings is 1. The summed E-state index contributed by atoms with van der Waals surface area (Å²) in [5.74, 6) is -0.507. The Labute approximate surface area is 155 Å². The highest BCUT2D eigenvalue weighted by Gasteiger charge is 2.32. The Bertz CT molecular complexity index is 603. The summed E-state index contributed by atoms with van der Waals surface area (Å²) < 4.78 is 46.1. The molecule has 0 aliphatic carbocycles. The number of aliphatic hydroxyl groups is 1. The van der Waals surface area contributed by atoms with Crippen LogP contribution in [0.2, 0.25) is 5.02 Å². The zero-order valence-corrected chi connectivity index (χ0v) is 15.7. The first-order valence-corrected chi connectivity index (χ1v) is 8.42. The van der Waals surface area contributed by atoms with E-state index in [9.17, 15) is 18.0 Å². The van der Waals surface area contributed by atoms with Gasteiger partial charge in [-0.15, -0.1) is 13.2 Å². The van der Waals surface area contributed by atoms with Crippen molar-refractivity contribution in [1.82, 2.24) is 4.90 Å². The molecule has 0 saturated carbocycles. The number of hydrogen-bond acceptors (Lipinski definition) is 4. The molecule has 0 aliphatic heterocycles. The van der Waals surface area contributed by atoms with Crippen molar-refractivity contribution in [3.05, 3.63) is 28.8 Å². The smallest absolute Gasteiger partial charge is 0.444 e. The summed E-state index contributed by atoms with van der Waals surface area (Å²) in [5, 5.41) is 8.69. The fraction of sp³-hybridized carbons (Fsp3) is 0.588. The molecule has 0 unspecified atom stereocenters. The number of ether oxygens (including phenoxy) is 2. The van der Waals surface area contributed by atoms with Crippen molar-refractivity contribution in [3.8, 4) is 5.75 Å². The number of halogens is 4. The summed E-state index contributed by atoms with van der Waals surface area (Å²) >= 11 is 5.84. The largest absolute Gasteiger partial charge is 0.573 e. The molecule has 9 heteroatoms. The van der Waals surface area contributed by atoms with Crippen LogP contribution in [0.25, 0.3) is 0 Å². The first kappa shape index (κ1) is 22.4. The molecule has 0 spiro atoms. The van der Waals surface area contributed by atoms with Crippen LogP contribution in [0, 0.1) is 0 Å². The number of rotatable bonds is 7. The summed E-state index contributed by atoms with van der Waals surface area (Å²) in [7, 11) is 0. The van der Waals surface area contributed by atoms with Gasteiger partial charge in [0.2, 0.25) is 0 Å². The summed E-state index contributed by atoms with van der Waals surface area (Å²) in [6.45, 7) is 5.63. The fourth-order valence-corrected chi connectivity index (χ4v) is 2.29. The number of aliphatic hydroxyl groups excluding tert-OH is 1. The third-order valence-corrected chi connectivity index (χ3v) is 3.38. The lowest BCUT2D eigenvalue weighted by molar-refractivity contribution is -0.274. The molecule has 1 aromatic carbocycles. The molecule has 26 heavy (non-hydrogen) atoms. The Hall–Kier alpha value is -1.67. The molecule has 5 nitrogen and oxygen atoms in total. The van der Waals surface area contributed by atoms with E-state index in [1.165, 1.54) is 17.0 Å². The Kier molecular flexibility index (Phi) is 8.02. The second-order valence-electron chi connectivity index (χ2n) is 6.65. The number of carbonyl (C=O) groups excluding carboxylic acids is 1. The lowest BCUT2D eigenvalue weighted by Gasteiger charge is -2.27. The van der Waals surface area contributed by atoms with Crippen molar-refractivity contribution < 1.29 is 32.5 Å². The second-order valence-corrected chi connectivity index (χ2v) is 7.05. The van der Waals surface area contributed by atoms with E-state index in [4.69, 9.17) is 21.4 Å². The van der Waals surface area contributed by atoms with E-state index >= 15 is 0 Å². The molecular weight excluding hydrogens is 375 g/mol. The fourth-order valence-electron chi connectivity index (χ4n) is 2.05. The Morgan fingerprint density at radius 3 is 2.38 bits per heavy atom. The predicted octanol–water partition coefficient (Wildman–Crippen LogP) is 4.75. The maximum atomic E-state index is 12.3. The number of unbranched alkanes of at least 4 members (excludes halogenated alkanes) is 1. The first-order valence-electron chi connectivity index (χ1n) is 8.04. The molecular formula is C17H23ClF3NO4. The molecule has 0 saturated heterocycles. The zero-order valence-electron chi connectivity index (χ0n) is 14.9. The van der Waals surface area contributed by atoms with E-state index in [2.05, 4.69) is 4.74 Å². The third-order valence-electron chi connectivity index (χ3n) is 3.08. The molecule has 0 heterocycles. The van der Waals surface area contributed by atoms with E-state index in [0.717, 1.165) is 6.07 Å². The molecule has 1 amide bonds. The van der Waals surface area contributed by atoms with Gasteiger partial charge in [0.05, 0.1) is 5.02 Å². The van der Waals surface area contributed by atoms with Crippen LogP contribution >= 0.6 is 11.6 Å². The van der Waals surface area contributed by atoms with Crippen LogP contribution in [0.15, 0.2) is 18.2 Å². The number of alkyl halides is 3. The Morgan fingerprint density at radius 1 is 1.23 bits per heavy atom. The minimum atomic E-state index is -4.84. The average molecular weight is 398 g/mol. The van der Waals surface area contributed by atoms with Crippen molar-refractivity contribution >= 4 is 17.7 Å². The Balaban J connectivity index is 2.89. The molecule has 148 valence electrons. The lowest BCUT2D eigenvalue weighted by Crippen LogP contribution is -2.37. The van der Waals surface area contributed by atoms with E-state index < -0.39 is 23.8 Å². The summed E-state index contributed by atoms with van der Waals surface area (Å²) in [6, 6.07) is 3.81. The maximum absolute atomic E-state index is 12.3. The van der Waals surface area contributed by atoms with Gasteiger partial charge in [0, 0.05) is 19.7 Å². The molecule has 0 atom stereocenters. The predicted molar refractivity (Wildman–Crippen MR) is 91.1 cm³/mol. The van der Waals surface area contributed by atoms with Crippen molar-refractivity contribution in [2.75, 3.05) is 13.2 Å². The highest BCUT2D eigenvalue weighted by atomic mass is 35.5. The Morgan fingerprint density at radius 2 is 1.88 bits per heavy atom. The highest BCUT2D eigenvalue weighted by molar-refractivity contribution is 6.32. The highest BCUT2D eigenvalue weighted by Crippen LogP contribution is 2.31. The van der Waals surface area contributed by atoms with Crippen LogP contribution < -0.4 is 4.74 Å². The molecule has 0 bridgehead atoms. The maximum Gasteiger partial charge on any atom is 0.573 e. The normalized spacial score (nSPS) is 12.0. The summed E-state index contributed by atoms with van der Waals surface area (Å²) in [5.41, 5.74) is -0.159. The van der Waals surface area contributed by atoms with E-state index in [1.807, 2.05) is 0 Å². The van der Waals surface area contributed by atoms with Gasteiger partial charge in [-0.3, -0.25) is 0 Å². The summed E-state index contributed by atoms with van der Waals surface area (Å²) in [6.07, 6.45) is -4.32. The van der Waals surface area contributed by atoms with Gasteiger partial charge in [0.25, 0.3) is 0 Å². The molecule has 0 aromatic heterocycles. The van der Waals surface area contributed by atoms with Crippen molar-refractivity contribution in [3.63, 3.8) is 0 Å². The van der Waals surface area contributed by atoms with E-state index in [0.29, 0.717) is 24.9 Å². The van der Waals surface area contributed by atoms with Gasteiger partial charge in [-0.05, 0) is 51.3 Å². The zero-order chi connectivity index (χ0) is 20.0. The van der Waals surface area contributed by atoms with Gasteiger partial charge in [0.1, 0.15) is 11.4 Å². The SMILES string of the molecule is CC(C)(C)OC(=O)N(CCCCO)Cc1ccc(OC(F)(F)F)c(Cl)c1. The average Bonchev–Trinajstić information content (AvgIpc) is 2.46. The topological polar surface area (TPSA) is 59.0 Å². The van der Waals surface area contributed by atoms with Crippen molar-refractivity contribution in [2.45, 2.75) is 52.1 Å². The number of nitrogens with zero attached hydrogens (tertiary/aromatic N) is 1. The van der Waals surface area contributed by atoms with Crippen molar-refractivity contribution in [1.29, 1.82) is 0 Å². The van der Waals surface area contributed by atoms with E-state index in [1.54, 1.807) is 20.8 Å². The second kappa shape index (κ2) is 9.32.